The third kappa shape index (κ3) is 4.29. The van der Waals surface area contributed by atoms with Gasteiger partial charge in [-0.05, 0) is 43.9 Å². The lowest BCUT2D eigenvalue weighted by atomic mass is 10.1. The van der Waals surface area contributed by atoms with E-state index in [1.807, 2.05) is 0 Å². The van der Waals surface area contributed by atoms with Gasteiger partial charge in [-0.3, -0.25) is 0 Å². The van der Waals surface area contributed by atoms with Gasteiger partial charge in [-0.1, -0.05) is 6.07 Å². The Morgan fingerprint density at radius 2 is 1.95 bits per heavy atom. The predicted molar refractivity (Wildman–Crippen MR) is 74.3 cm³/mol. The van der Waals surface area contributed by atoms with Gasteiger partial charge in [-0.25, -0.2) is 17.9 Å². The Labute approximate surface area is 118 Å². The quantitative estimate of drug-likeness (QED) is 0.625. The molecule has 0 aliphatic heterocycles. The number of sulfonamides is 1. The molecule has 3 N–H and O–H groups in total. The normalized spacial score (nSPS) is 11.5. The van der Waals surface area contributed by atoms with Crippen LogP contribution < -0.4 is 4.72 Å². The van der Waals surface area contributed by atoms with Crippen LogP contribution in [-0.4, -0.2) is 37.8 Å². The molecule has 0 heterocycles. The first-order valence-corrected chi connectivity index (χ1v) is 7.82. The highest BCUT2D eigenvalue weighted by molar-refractivity contribution is 7.89. The SMILES string of the molecule is Cc1c(C(=O)O)cccc1S(=O)(=O)NCCCCCO. The molecule has 1 aromatic rings. The van der Waals surface area contributed by atoms with Crippen molar-refractivity contribution in [3.05, 3.63) is 29.3 Å². The Morgan fingerprint density at radius 3 is 2.55 bits per heavy atom. The van der Waals surface area contributed by atoms with E-state index in [1.165, 1.54) is 25.1 Å². The number of carboxylic acids is 1. The number of carboxylic acid groups (broad SMARTS) is 1. The summed E-state index contributed by atoms with van der Waals surface area (Å²) in [5.41, 5.74) is 0.205. The van der Waals surface area contributed by atoms with Crippen LogP contribution >= 0.6 is 0 Å². The molecule has 0 unspecified atom stereocenters. The van der Waals surface area contributed by atoms with Crippen LogP contribution in [0.25, 0.3) is 0 Å². The maximum absolute atomic E-state index is 12.1. The average molecular weight is 301 g/mol. The minimum atomic E-state index is -3.71. The molecule has 0 aromatic heterocycles. The lowest BCUT2D eigenvalue weighted by Gasteiger charge is -2.10. The summed E-state index contributed by atoms with van der Waals surface area (Å²) in [7, 11) is -3.71. The molecule has 0 aliphatic rings. The number of hydrogen-bond donors (Lipinski definition) is 3. The van der Waals surface area contributed by atoms with Crippen LogP contribution in [0.4, 0.5) is 0 Å². The van der Waals surface area contributed by atoms with Gasteiger partial charge < -0.3 is 10.2 Å². The summed E-state index contributed by atoms with van der Waals surface area (Å²) in [6, 6.07) is 4.17. The second kappa shape index (κ2) is 7.37. The molecule has 0 atom stereocenters. The fraction of sp³-hybridized carbons (Fsp3) is 0.462. The Morgan fingerprint density at radius 1 is 1.25 bits per heavy atom. The van der Waals surface area contributed by atoms with Crippen LogP contribution in [0, 0.1) is 6.92 Å². The number of benzene rings is 1. The molecule has 0 amide bonds. The zero-order chi connectivity index (χ0) is 15.2. The van der Waals surface area contributed by atoms with Crippen LogP contribution in [0.1, 0.15) is 35.2 Å². The molecule has 20 heavy (non-hydrogen) atoms. The summed E-state index contributed by atoms with van der Waals surface area (Å²) < 4.78 is 26.7. The fourth-order valence-electron chi connectivity index (χ4n) is 1.84. The van der Waals surface area contributed by atoms with Gasteiger partial charge >= 0.3 is 5.97 Å². The van der Waals surface area contributed by atoms with E-state index in [0.29, 0.717) is 12.8 Å². The number of rotatable bonds is 8. The largest absolute Gasteiger partial charge is 0.478 e. The highest BCUT2D eigenvalue weighted by Crippen LogP contribution is 2.18. The molecule has 0 spiro atoms. The van der Waals surface area contributed by atoms with E-state index in [1.54, 1.807) is 0 Å². The molecule has 7 heteroatoms. The first-order valence-electron chi connectivity index (χ1n) is 6.33. The molecule has 112 valence electrons. The summed E-state index contributed by atoms with van der Waals surface area (Å²) in [6.45, 7) is 1.83. The van der Waals surface area contributed by atoms with E-state index in [4.69, 9.17) is 10.2 Å². The van der Waals surface area contributed by atoms with Gasteiger partial charge in [0.15, 0.2) is 0 Å². The highest BCUT2D eigenvalue weighted by atomic mass is 32.2. The second-order valence-electron chi connectivity index (χ2n) is 4.42. The summed E-state index contributed by atoms with van der Waals surface area (Å²) in [5, 5.41) is 17.6. The Balaban J connectivity index is 2.83. The highest BCUT2D eigenvalue weighted by Gasteiger charge is 2.19. The summed E-state index contributed by atoms with van der Waals surface area (Å²) >= 11 is 0. The first kappa shape index (κ1) is 16.6. The monoisotopic (exact) mass is 301 g/mol. The first-order chi connectivity index (χ1) is 9.40. The zero-order valence-electron chi connectivity index (χ0n) is 11.3. The molecule has 1 aromatic carbocycles. The maximum Gasteiger partial charge on any atom is 0.335 e. The standard InChI is InChI=1S/C13H19NO5S/c1-10-11(13(16)17)6-5-7-12(10)20(18,19)14-8-3-2-4-9-15/h5-7,14-15H,2-4,8-9H2,1H3,(H,16,17). The molecule has 1 rings (SSSR count). The number of aliphatic hydroxyl groups is 1. The molecule has 0 aliphatic carbocycles. The van der Waals surface area contributed by atoms with E-state index in [2.05, 4.69) is 4.72 Å². The minimum Gasteiger partial charge on any atom is -0.478 e. The third-order valence-corrected chi connectivity index (χ3v) is 4.54. The van der Waals surface area contributed by atoms with Gasteiger partial charge in [0, 0.05) is 13.2 Å². The molecule has 0 saturated carbocycles. The lowest BCUT2D eigenvalue weighted by Crippen LogP contribution is -2.26. The third-order valence-electron chi connectivity index (χ3n) is 2.93. The molecular weight excluding hydrogens is 282 g/mol. The Hall–Kier alpha value is -1.44. The van der Waals surface area contributed by atoms with E-state index in [-0.39, 0.29) is 29.2 Å². The van der Waals surface area contributed by atoms with Crippen molar-refractivity contribution in [1.82, 2.24) is 4.72 Å². The summed E-state index contributed by atoms with van der Waals surface area (Å²) in [5.74, 6) is -1.15. The zero-order valence-corrected chi connectivity index (χ0v) is 12.1. The van der Waals surface area contributed by atoms with Crippen molar-refractivity contribution >= 4 is 16.0 Å². The average Bonchev–Trinajstić information content (AvgIpc) is 2.38. The van der Waals surface area contributed by atoms with E-state index < -0.39 is 16.0 Å². The van der Waals surface area contributed by atoms with Crippen molar-refractivity contribution in [1.29, 1.82) is 0 Å². The molecular formula is C13H19NO5S. The van der Waals surface area contributed by atoms with Crippen molar-refractivity contribution in [3.8, 4) is 0 Å². The number of nitrogens with one attached hydrogen (secondary N) is 1. The number of hydrogen-bond acceptors (Lipinski definition) is 4. The topological polar surface area (TPSA) is 104 Å². The van der Waals surface area contributed by atoms with Gasteiger partial charge in [0.1, 0.15) is 0 Å². The molecule has 0 bridgehead atoms. The van der Waals surface area contributed by atoms with E-state index in [9.17, 15) is 13.2 Å². The van der Waals surface area contributed by atoms with Crippen LogP contribution in [0.3, 0.4) is 0 Å². The van der Waals surface area contributed by atoms with E-state index >= 15 is 0 Å². The summed E-state index contributed by atoms with van der Waals surface area (Å²) in [4.78, 5) is 11.0. The van der Waals surface area contributed by atoms with E-state index in [0.717, 1.165) is 6.42 Å². The van der Waals surface area contributed by atoms with Crippen LogP contribution in [-0.2, 0) is 10.0 Å². The number of aliphatic hydroxyl groups excluding tert-OH is 1. The maximum atomic E-state index is 12.1. The van der Waals surface area contributed by atoms with Crippen LogP contribution in [0.15, 0.2) is 23.1 Å². The van der Waals surface area contributed by atoms with Crippen LogP contribution in [0.5, 0.6) is 0 Å². The van der Waals surface area contributed by atoms with Crippen molar-refractivity contribution in [3.63, 3.8) is 0 Å². The molecule has 6 nitrogen and oxygen atoms in total. The van der Waals surface area contributed by atoms with Crippen molar-refractivity contribution in [2.24, 2.45) is 0 Å². The molecule has 0 fully saturated rings. The Kier molecular flexibility index (Phi) is 6.12. The molecule has 0 saturated heterocycles. The second-order valence-corrected chi connectivity index (χ2v) is 6.15. The van der Waals surface area contributed by atoms with Gasteiger partial charge in [-0.2, -0.15) is 0 Å². The molecule has 0 radical (unpaired) electrons. The number of unbranched alkanes of at least 4 members (excludes halogenated alkanes) is 2. The van der Waals surface area contributed by atoms with Crippen molar-refractivity contribution < 1.29 is 23.4 Å². The van der Waals surface area contributed by atoms with Gasteiger partial charge in [0.25, 0.3) is 0 Å². The van der Waals surface area contributed by atoms with Crippen molar-refractivity contribution in [2.45, 2.75) is 31.1 Å². The summed E-state index contributed by atoms with van der Waals surface area (Å²) in [6.07, 6.45) is 1.99. The smallest absolute Gasteiger partial charge is 0.335 e. The fourth-order valence-corrected chi connectivity index (χ4v) is 3.17. The van der Waals surface area contributed by atoms with Crippen molar-refractivity contribution in [2.75, 3.05) is 13.2 Å². The van der Waals surface area contributed by atoms with Gasteiger partial charge in [0.2, 0.25) is 10.0 Å². The number of carbonyl (C=O) groups is 1. The minimum absolute atomic E-state index is 0.0143. The van der Waals surface area contributed by atoms with Gasteiger partial charge in [0.05, 0.1) is 10.5 Å². The van der Waals surface area contributed by atoms with Crippen LogP contribution in [0.2, 0.25) is 0 Å². The number of aromatic carboxylic acids is 1. The van der Waals surface area contributed by atoms with Gasteiger partial charge in [-0.15, -0.1) is 0 Å². The Bertz CT molecular complexity index is 568. The lowest BCUT2D eigenvalue weighted by molar-refractivity contribution is 0.0696. The predicted octanol–water partition coefficient (Wildman–Crippen LogP) is 1.13.